The Hall–Kier alpha value is -1.71. The number of methoxy groups -OCH3 is 1. The van der Waals surface area contributed by atoms with Crippen molar-refractivity contribution in [2.75, 3.05) is 13.7 Å². The van der Waals surface area contributed by atoms with Crippen molar-refractivity contribution >= 4 is 5.97 Å². The van der Waals surface area contributed by atoms with Crippen molar-refractivity contribution in [1.29, 1.82) is 0 Å². The van der Waals surface area contributed by atoms with E-state index in [-0.39, 0.29) is 12.4 Å². The van der Waals surface area contributed by atoms with Crippen molar-refractivity contribution in [1.82, 2.24) is 0 Å². The van der Waals surface area contributed by atoms with Gasteiger partial charge in [0.1, 0.15) is 30.2 Å². The molecule has 1 saturated heterocycles. The Morgan fingerprint density at radius 3 is 2.54 bits per heavy atom. The van der Waals surface area contributed by atoms with Crippen LogP contribution >= 0.6 is 0 Å². The van der Waals surface area contributed by atoms with Crippen LogP contribution in [0.4, 0.5) is 0 Å². The Kier molecular flexibility index (Phi) is 6.52. The molecule has 0 aromatic heterocycles. The quantitative estimate of drug-likeness (QED) is 0.484. The number of carbonyl (C=O) groups excluding carboxylic acids is 1. The first-order valence-electron chi connectivity index (χ1n) is 7.59. The molecule has 1 aromatic rings. The zero-order chi connectivity index (χ0) is 17.7. The topological polar surface area (TPSA) is 126 Å². The monoisotopic (exact) mass is 342 g/mol. The molecule has 5 atom stereocenters. The van der Waals surface area contributed by atoms with Gasteiger partial charge in [-0.3, -0.25) is 4.79 Å². The van der Waals surface area contributed by atoms with Crippen LogP contribution in [-0.2, 0) is 20.7 Å². The minimum Gasteiger partial charge on any atom is -0.469 e. The van der Waals surface area contributed by atoms with E-state index >= 15 is 0 Å². The second kappa shape index (κ2) is 8.41. The molecule has 8 nitrogen and oxygen atoms in total. The van der Waals surface area contributed by atoms with Crippen LogP contribution in [0.5, 0.6) is 5.75 Å². The van der Waals surface area contributed by atoms with Gasteiger partial charge in [0.15, 0.2) is 0 Å². The van der Waals surface area contributed by atoms with Crippen molar-refractivity contribution in [3.8, 4) is 5.75 Å². The summed E-state index contributed by atoms with van der Waals surface area (Å²) in [6, 6.07) is 6.87. The molecule has 0 radical (unpaired) electrons. The average Bonchev–Trinajstić information content (AvgIpc) is 2.61. The lowest BCUT2D eigenvalue weighted by Gasteiger charge is -2.39. The van der Waals surface area contributed by atoms with Gasteiger partial charge >= 0.3 is 5.97 Å². The lowest BCUT2D eigenvalue weighted by molar-refractivity contribution is -0.277. The standard InChI is InChI=1S/C16H22O8/c1-22-12(18)7-6-9-4-2-3-5-10(9)23-16-15(21)14(20)13(19)11(8-17)24-16/h2-5,11,13-17,19-21H,6-8H2,1H3. The molecule has 5 unspecified atom stereocenters. The number of aryl methyl sites for hydroxylation is 1. The number of rotatable bonds is 6. The molecule has 1 aliphatic heterocycles. The van der Waals surface area contributed by atoms with Crippen LogP contribution in [0.3, 0.4) is 0 Å². The van der Waals surface area contributed by atoms with Crippen LogP contribution in [-0.4, -0.2) is 70.8 Å². The molecule has 1 aliphatic rings. The molecule has 1 fully saturated rings. The lowest BCUT2D eigenvalue weighted by Crippen LogP contribution is -2.60. The van der Waals surface area contributed by atoms with Gasteiger partial charge in [0.2, 0.25) is 6.29 Å². The number of hydrogen-bond acceptors (Lipinski definition) is 8. The number of benzene rings is 1. The zero-order valence-corrected chi connectivity index (χ0v) is 13.2. The van der Waals surface area contributed by atoms with Crippen LogP contribution in [0.1, 0.15) is 12.0 Å². The Balaban J connectivity index is 2.11. The first-order valence-corrected chi connectivity index (χ1v) is 7.59. The van der Waals surface area contributed by atoms with Crippen molar-refractivity contribution in [2.24, 2.45) is 0 Å². The summed E-state index contributed by atoms with van der Waals surface area (Å²) < 4.78 is 15.5. The minimum atomic E-state index is -1.51. The molecule has 0 saturated carbocycles. The van der Waals surface area contributed by atoms with E-state index in [2.05, 4.69) is 4.74 Å². The number of ether oxygens (including phenoxy) is 3. The first-order chi connectivity index (χ1) is 11.5. The van der Waals surface area contributed by atoms with E-state index in [0.717, 1.165) is 0 Å². The summed E-state index contributed by atoms with van der Waals surface area (Å²) in [6.45, 7) is -0.533. The van der Waals surface area contributed by atoms with E-state index in [9.17, 15) is 25.2 Å². The molecule has 134 valence electrons. The maximum absolute atomic E-state index is 11.3. The van der Waals surface area contributed by atoms with Crippen molar-refractivity contribution < 1.29 is 39.4 Å². The molecule has 2 rings (SSSR count). The van der Waals surface area contributed by atoms with Gasteiger partial charge in [-0.2, -0.15) is 0 Å². The van der Waals surface area contributed by atoms with Crippen LogP contribution in [0.2, 0.25) is 0 Å². The van der Waals surface area contributed by atoms with Gasteiger partial charge in [0, 0.05) is 6.42 Å². The Morgan fingerprint density at radius 1 is 1.17 bits per heavy atom. The normalized spacial score (nSPS) is 30.0. The van der Waals surface area contributed by atoms with E-state index in [1.165, 1.54) is 7.11 Å². The van der Waals surface area contributed by atoms with Crippen molar-refractivity contribution in [3.05, 3.63) is 29.8 Å². The lowest BCUT2D eigenvalue weighted by atomic mass is 9.99. The van der Waals surface area contributed by atoms with Gasteiger partial charge in [-0.25, -0.2) is 0 Å². The summed E-state index contributed by atoms with van der Waals surface area (Å²) in [5, 5.41) is 38.8. The fourth-order valence-corrected chi connectivity index (χ4v) is 2.45. The highest BCUT2D eigenvalue weighted by Crippen LogP contribution is 2.27. The Bertz CT molecular complexity index is 547. The second-order valence-corrected chi connectivity index (χ2v) is 5.50. The summed E-state index contributed by atoms with van der Waals surface area (Å²) in [5.74, 6) is 0.00313. The SMILES string of the molecule is COC(=O)CCc1ccccc1OC1OC(CO)C(O)C(O)C1O. The average molecular weight is 342 g/mol. The third-order valence-electron chi connectivity index (χ3n) is 3.89. The van der Waals surface area contributed by atoms with Gasteiger partial charge < -0.3 is 34.6 Å². The maximum atomic E-state index is 11.3. The molecular formula is C16H22O8. The molecule has 8 heteroatoms. The summed E-state index contributed by atoms with van der Waals surface area (Å²) in [6.07, 6.45) is -6.24. The predicted octanol–water partition coefficient (Wildman–Crippen LogP) is -1.03. The van der Waals surface area contributed by atoms with Gasteiger partial charge in [0.25, 0.3) is 0 Å². The second-order valence-electron chi connectivity index (χ2n) is 5.50. The van der Waals surface area contributed by atoms with Gasteiger partial charge in [-0.1, -0.05) is 18.2 Å². The van der Waals surface area contributed by atoms with Gasteiger partial charge in [-0.15, -0.1) is 0 Å². The molecule has 24 heavy (non-hydrogen) atoms. The molecule has 0 bridgehead atoms. The summed E-state index contributed by atoms with van der Waals surface area (Å²) in [4.78, 5) is 11.3. The molecule has 0 aliphatic carbocycles. The fraction of sp³-hybridized carbons (Fsp3) is 0.562. The van der Waals surface area contributed by atoms with Gasteiger partial charge in [0.05, 0.1) is 13.7 Å². The zero-order valence-electron chi connectivity index (χ0n) is 13.2. The molecular weight excluding hydrogens is 320 g/mol. The highest BCUT2D eigenvalue weighted by molar-refractivity contribution is 5.69. The number of aliphatic hydroxyl groups is 4. The molecule has 0 spiro atoms. The third-order valence-corrected chi connectivity index (χ3v) is 3.89. The van der Waals surface area contributed by atoms with Crippen LogP contribution in [0.25, 0.3) is 0 Å². The maximum Gasteiger partial charge on any atom is 0.305 e. The number of para-hydroxylation sites is 1. The Labute approximate surface area is 139 Å². The van der Waals surface area contributed by atoms with Crippen molar-refractivity contribution in [2.45, 2.75) is 43.5 Å². The number of hydrogen-bond donors (Lipinski definition) is 4. The van der Waals surface area contributed by atoms with E-state index < -0.39 is 37.3 Å². The summed E-state index contributed by atoms with van der Waals surface area (Å²) in [5.41, 5.74) is 0.694. The van der Waals surface area contributed by atoms with Crippen molar-refractivity contribution in [3.63, 3.8) is 0 Å². The molecule has 1 heterocycles. The summed E-state index contributed by atoms with van der Waals surface area (Å²) >= 11 is 0. The van der Waals surface area contributed by atoms with E-state index in [4.69, 9.17) is 9.47 Å². The van der Waals surface area contributed by atoms with Crippen LogP contribution in [0, 0.1) is 0 Å². The number of carbonyl (C=O) groups is 1. The number of esters is 1. The number of aliphatic hydroxyl groups excluding tert-OH is 4. The van der Waals surface area contributed by atoms with E-state index in [1.807, 2.05) is 0 Å². The van der Waals surface area contributed by atoms with E-state index in [1.54, 1.807) is 24.3 Å². The van der Waals surface area contributed by atoms with Crippen LogP contribution in [0.15, 0.2) is 24.3 Å². The predicted molar refractivity (Wildman–Crippen MR) is 81.2 cm³/mol. The third kappa shape index (κ3) is 4.22. The summed E-state index contributed by atoms with van der Waals surface area (Å²) in [7, 11) is 1.30. The molecule has 1 aromatic carbocycles. The minimum absolute atomic E-state index is 0.158. The van der Waals surface area contributed by atoms with Crippen LogP contribution < -0.4 is 4.74 Å². The fourth-order valence-electron chi connectivity index (χ4n) is 2.45. The Morgan fingerprint density at radius 2 is 1.88 bits per heavy atom. The van der Waals surface area contributed by atoms with Gasteiger partial charge in [-0.05, 0) is 18.1 Å². The smallest absolute Gasteiger partial charge is 0.305 e. The largest absolute Gasteiger partial charge is 0.469 e. The van der Waals surface area contributed by atoms with E-state index in [0.29, 0.717) is 17.7 Å². The highest BCUT2D eigenvalue weighted by Gasteiger charge is 2.44. The molecule has 4 N–H and O–H groups in total. The molecule has 0 amide bonds. The first kappa shape index (κ1) is 18.6. The highest BCUT2D eigenvalue weighted by atomic mass is 16.7.